The van der Waals surface area contributed by atoms with Crippen molar-refractivity contribution in [3.8, 4) is 28.4 Å². The highest BCUT2D eigenvalue weighted by Gasteiger charge is 2.09. The van der Waals surface area contributed by atoms with Crippen LogP contribution in [-0.2, 0) is 4.79 Å². The van der Waals surface area contributed by atoms with Crippen LogP contribution >= 0.6 is 0 Å². The number of nitrogens with zero attached hydrogens (tertiary/aromatic N) is 1. The number of phenolic OH excluding ortho intramolecular Hbond substituents is 1. The van der Waals surface area contributed by atoms with Crippen molar-refractivity contribution in [3.05, 3.63) is 54.6 Å². The van der Waals surface area contributed by atoms with Gasteiger partial charge in [0.15, 0.2) is 6.61 Å². The van der Waals surface area contributed by atoms with E-state index in [0.717, 1.165) is 16.3 Å². The molecule has 0 heterocycles. The number of rotatable bonds is 6. The van der Waals surface area contributed by atoms with Gasteiger partial charge in [-0.15, -0.1) is 0 Å². The van der Waals surface area contributed by atoms with E-state index in [9.17, 15) is 9.90 Å². The molecule has 0 spiro atoms. The predicted molar refractivity (Wildman–Crippen MR) is 106 cm³/mol. The SMILES string of the molecule is CCN(C)C(=O)COc1ccc2cc(-c3cc(OC)ccc3O)ccc2c1. The van der Waals surface area contributed by atoms with Crippen molar-refractivity contribution < 1.29 is 19.4 Å². The Labute approximate surface area is 158 Å². The number of methoxy groups -OCH3 is 1. The normalized spacial score (nSPS) is 10.6. The largest absolute Gasteiger partial charge is 0.507 e. The van der Waals surface area contributed by atoms with Gasteiger partial charge in [-0.2, -0.15) is 0 Å². The molecule has 0 aliphatic carbocycles. The quantitative estimate of drug-likeness (QED) is 0.715. The van der Waals surface area contributed by atoms with E-state index in [0.29, 0.717) is 23.6 Å². The summed E-state index contributed by atoms with van der Waals surface area (Å²) in [5.74, 6) is 1.49. The smallest absolute Gasteiger partial charge is 0.260 e. The Balaban J connectivity index is 1.84. The summed E-state index contributed by atoms with van der Waals surface area (Å²) in [7, 11) is 3.35. The van der Waals surface area contributed by atoms with Gasteiger partial charge in [0.2, 0.25) is 0 Å². The number of aromatic hydroxyl groups is 1. The van der Waals surface area contributed by atoms with Gasteiger partial charge in [-0.05, 0) is 59.7 Å². The number of phenols is 1. The third-order valence-electron chi connectivity index (χ3n) is 4.59. The van der Waals surface area contributed by atoms with E-state index in [1.54, 1.807) is 31.2 Å². The lowest BCUT2D eigenvalue weighted by molar-refractivity contribution is -0.131. The Hall–Kier alpha value is -3.21. The predicted octanol–water partition coefficient (Wildman–Crippen LogP) is 4.08. The average molecular weight is 365 g/mol. The third kappa shape index (κ3) is 4.14. The highest BCUT2D eigenvalue weighted by atomic mass is 16.5. The molecule has 3 aromatic carbocycles. The lowest BCUT2D eigenvalue weighted by atomic mass is 10.00. The lowest BCUT2D eigenvalue weighted by Gasteiger charge is -2.15. The second-order valence-electron chi connectivity index (χ2n) is 6.30. The highest BCUT2D eigenvalue weighted by molar-refractivity contribution is 5.89. The van der Waals surface area contributed by atoms with Gasteiger partial charge >= 0.3 is 0 Å². The first kappa shape index (κ1) is 18.6. The van der Waals surface area contributed by atoms with Crippen LogP contribution in [0.5, 0.6) is 17.2 Å². The molecule has 0 fully saturated rings. The van der Waals surface area contributed by atoms with Crippen molar-refractivity contribution in [2.45, 2.75) is 6.92 Å². The minimum Gasteiger partial charge on any atom is -0.507 e. The molecule has 3 aromatic rings. The average Bonchev–Trinajstić information content (AvgIpc) is 2.71. The molecule has 0 aliphatic rings. The molecule has 0 atom stereocenters. The van der Waals surface area contributed by atoms with Gasteiger partial charge in [0.1, 0.15) is 17.2 Å². The number of carbonyl (C=O) groups is 1. The maximum atomic E-state index is 11.9. The van der Waals surface area contributed by atoms with Crippen molar-refractivity contribution in [2.75, 3.05) is 27.3 Å². The fraction of sp³-hybridized carbons (Fsp3) is 0.227. The van der Waals surface area contributed by atoms with Crippen LogP contribution in [0.15, 0.2) is 54.6 Å². The molecule has 0 bridgehead atoms. The number of fused-ring (bicyclic) bond motifs is 1. The Morgan fingerprint density at radius 2 is 1.70 bits per heavy atom. The zero-order valence-corrected chi connectivity index (χ0v) is 15.7. The lowest BCUT2D eigenvalue weighted by Crippen LogP contribution is -2.31. The summed E-state index contributed by atoms with van der Waals surface area (Å²) in [6, 6.07) is 16.8. The van der Waals surface area contributed by atoms with Crippen LogP contribution < -0.4 is 9.47 Å². The molecular weight excluding hydrogens is 342 g/mol. The molecule has 0 aromatic heterocycles. The number of ether oxygens (including phenoxy) is 2. The monoisotopic (exact) mass is 365 g/mol. The molecule has 0 radical (unpaired) electrons. The summed E-state index contributed by atoms with van der Waals surface area (Å²) >= 11 is 0. The molecule has 5 nitrogen and oxygen atoms in total. The molecule has 0 saturated heterocycles. The van der Waals surface area contributed by atoms with Crippen molar-refractivity contribution in [2.24, 2.45) is 0 Å². The molecule has 1 N–H and O–H groups in total. The molecule has 27 heavy (non-hydrogen) atoms. The topological polar surface area (TPSA) is 59.0 Å². The standard InChI is InChI=1S/C22H23NO4/c1-4-23(2)22(25)14-27-19-8-7-15-11-17(6-5-16(15)12-19)20-13-18(26-3)9-10-21(20)24/h5-13,24H,4,14H2,1-3H3. The third-order valence-corrected chi connectivity index (χ3v) is 4.59. The van der Waals surface area contributed by atoms with Crippen LogP contribution in [0, 0.1) is 0 Å². The summed E-state index contributed by atoms with van der Waals surface area (Å²) in [4.78, 5) is 13.5. The van der Waals surface area contributed by atoms with E-state index in [1.807, 2.05) is 49.4 Å². The van der Waals surface area contributed by atoms with Gasteiger partial charge in [0, 0.05) is 19.2 Å². The minimum absolute atomic E-state index is 0.0195. The number of likely N-dealkylation sites (N-methyl/N-ethyl adjacent to an activating group) is 1. The maximum Gasteiger partial charge on any atom is 0.260 e. The van der Waals surface area contributed by atoms with E-state index in [-0.39, 0.29) is 18.3 Å². The van der Waals surface area contributed by atoms with E-state index in [2.05, 4.69) is 0 Å². The summed E-state index contributed by atoms with van der Waals surface area (Å²) in [5.41, 5.74) is 1.61. The Kier molecular flexibility index (Phi) is 5.50. The highest BCUT2D eigenvalue weighted by Crippen LogP contribution is 2.34. The number of carbonyl (C=O) groups excluding carboxylic acids is 1. The first-order chi connectivity index (χ1) is 13.0. The van der Waals surface area contributed by atoms with Crippen LogP contribution in [0.25, 0.3) is 21.9 Å². The van der Waals surface area contributed by atoms with Crippen LogP contribution in [-0.4, -0.2) is 43.2 Å². The van der Waals surface area contributed by atoms with E-state index < -0.39 is 0 Å². The summed E-state index contributed by atoms with van der Waals surface area (Å²) in [5, 5.41) is 12.2. The van der Waals surface area contributed by atoms with E-state index in [4.69, 9.17) is 9.47 Å². The van der Waals surface area contributed by atoms with Crippen LogP contribution in [0.4, 0.5) is 0 Å². The van der Waals surface area contributed by atoms with Gasteiger partial charge in [-0.25, -0.2) is 0 Å². The number of amides is 1. The summed E-state index contributed by atoms with van der Waals surface area (Å²) < 4.78 is 10.9. The second-order valence-corrected chi connectivity index (χ2v) is 6.30. The Morgan fingerprint density at radius 1 is 1.00 bits per heavy atom. The van der Waals surface area contributed by atoms with Gasteiger partial charge in [-0.3, -0.25) is 4.79 Å². The minimum atomic E-state index is -0.0542. The first-order valence-electron chi connectivity index (χ1n) is 8.79. The zero-order valence-electron chi connectivity index (χ0n) is 15.7. The van der Waals surface area contributed by atoms with Crippen molar-refractivity contribution >= 4 is 16.7 Å². The van der Waals surface area contributed by atoms with Crippen LogP contribution in [0.1, 0.15) is 6.92 Å². The van der Waals surface area contributed by atoms with Crippen LogP contribution in [0.3, 0.4) is 0 Å². The molecule has 140 valence electrons. The first-order valence-corrected chi connectivity index (χ1v) is 8.79. The van der Waals surface area contributed by atoms with Gasteiger partial charge in [-0.1, -0.05) is 18.2 Å². The van der Waals surface area contributed by atoms with E-state index in [1.165, 1.54) is 0 Å². The van der Waals surface area contributed by atoms with Crippen molar-refractivity contribution in [1.29, 1.82) is 0 Å². The van der Waals surface area contributed by atoms with Crippen LogP contribution in [0.2, 0.25) is 0 Å². The fourth-order valence-electron chi connectivity index (χ4n) is 2.79. The fourth-order valence-corrected chi connectivity index (χ4v) is 2.79. The van der Waals surface area contributed by atoms with E-state index >= 15 is 0 Å². The Bertz CT molecular complexity index is 968. The molecular formula is C22H23NO4. The summed E-state index contributed by atoms with van der Waals surface area (Å²) in [6.07, 6.45) is 0. The molecule has 5 heteroatoms. The maximum absolute atomic E-state index is 11.9. The molecule has 0 aliphatic heterocycles. The number of benzene rings is 3. The van der Waals surface area contributed by atoms with Crippen molar-refractivity contribution in [1.82, 2.24) is 4.90 Å². The Morgan fingerprint density at radius 3 is 2.44 bits per heavy atom. The summed E-state index contributed by atoms with van der Waals surface area (Å²) in [6.45, 7) is 2.59. The zero-order chi connectivity index (χ0) is 19.4. The molecule has 1 amide bonds. The molecule has 0 unspecified atom stereocenters. The molecule has 0 saturated carbocycles. The van der Waals surface area contributed by atoms with Gasteiger partial charge < -0.3 is 19.5 Å². The molecule has 3 rings (SSSR count). The second kappa shape index (κ2) is 7.99. The van der Waals surface area contributed by atoms with Gasteiger partial charge in [0.05, 0.1) is 7.11 Å². The number of hydrogen-bond donors (Lipinski definition) is 1. The number of hydrogen-bond acceptors (Lipinski definition) is 4. The van der Waals surface area contributed by atoms with Gasteiger partial charge in [0.25, 0.3) is 5.91 Å². The van der Waals surface area contributed by atoms with Crippen molar-refractivity contribution in [3.63, 3.8) is 0 Å².